The molecule has 0 bridgehead atoms. The number of hydrogen-bond donors (Lipinski definition) is 1. The van der Waals surface area contributed by atoms with Crippen LogP contribution in [0.5, 0.6) is 0 Å². The van der Waals surface area contributed by atoms with E-state index in [0.29, 0.717) is 18.5 Å². The van der Waals surface area contributed by atoms with Gasteiger partial charge in [-0.3, -0.25) is 0 Å². The van der Waals surface area contributed by atoms with E-state index in [2.05, 4.69) is 11.4 Å². The Hall–Kier alpha value is -1.54. The van der Waals surface area contributed by atoms with Crippen LogP contribution in [0.1, 0.15) is 17.5 Å². The Balaban J connectivity index is 2.55. The SMILES string of the molecule is Cc1ccc(C#N)cc1NCCCS(C)(=O)=O. The Bertz CT molecular complexity index is 530. The summed E-state index contributed by atoms with van der Waals surface area (Å²) < 4.78 is 21.9. The van der Waals surface area contributed by atoms with E-state index in [1.807, 2.05) is 13.0 Å². The highest BCUT2D eigenvalue weighted by atomic mass is 32.2. The second-order valence-electron chi connectivity index (χ2n) is 4.05. The molecular weight excluding hydrogens is 236 g/mol. The van der Waals surface area contributed by atoms with E-state index >= 15 is 0 Å². The van der Waals surface area contributed by atoms with E-state index in [4.69, 9.17) is 5.26 Å². The largest absolute Gasteiger partial charge is 0.385 e. The van der Waals surface area contributed by atoms with Crippen LogP contribution < -0.4 is 5.32 Å². The summed E-state index contributed by atoms with van der Waals surface area (Å²) >= 11 is 0. The van der Waals surface area contributed by atoms with E-state index in [0.717, 1.165) is 11.3 Å². The monoisotopic (exact) mass is 252 g/mol. The van der Waals surface area contributed by atoms with Crippen molar-refractivity contribution in [1.82, 2.24) is 0 Å². The van der Waals surface area contributed by atoms with E-state index in [1.165, 1.54) is 6.26 Å². The maximum atomic E-state index is 10.9. The third-order valence-electron chi connectivity index (χ3n) is 2.37. The molecule has 0 saturated heterocycles. The van der Waals surface area contributed by atoms with E-state index < -0.39 is 9.84 Å². The van der Waals surface area contributed by atoms with Crippen molar-refractivity contribution >= 4 is 15.5 Å². The summed E-state index contributed by atoms with van der Waals surface area (Å²) in [6.07, 6.45) is 1.80. The van der Waals surface area contributed by atoms with Crippen molar-refractivity contribution < 1.29 is 8.42 Å². The first-order chi connectivity index (χ1) is 7.92. The second-order valence-corrected chi connectivity index (χ2v) is 6.31. The van der Waals surface area contributed by atoms with Gasteiger partial charge >= 0.3 is 0 Å². The van der Waals surface area contributed by atoms with Gasteiger partial charge in [0.2, 0.25) is 0 Å². The number of hydrogen-bond acceptors (Lipinski definition) is 4. The summed E-state index contributed by atoms with van der Waals surface area (Å²) in [7, 11) is -2.89. The smallest absolute Gasteiger partial charge is 0.147 e. The Labute approximate surface area is 102 Å². The Morgan fingerprint density at radius 2 is 2.12 bits per heavy atom. The lowest BCUT2D eigenvalue weighted by molar-refractivity contribution is 0.600. The second kappa shape index (κ2) is 5.69. The van der Waals surface area contributed by atoms with Crippen LogP contribution in [0.2, 0.25) is 0 Å². The van der Waals surface area contributed by atoms with Gasteiger partial charge in [0.25, 0.3) is 0 Å². The predicted octanol–water partition coefficient (Wildman–Crippen LogP) is 1.71. The fourth-order valence-electron chi connectivity index (χ4n) is 1.44. The number of rotatable bonds is 5. The van der Waals surface area contributed by atoms with Gasteiger partial charge < -0.3 is 5.32 Å². The molecule has 0 heterocycles. The van der Waals surface area contributed by atoms with Crippen molar-refractivity contribution in [2.75, 3.05) is 23.9 Å². The van der Waals surface area contributed by atoms with Gasteiger partial charge in [-0.05, 0) is 31.0 Å². The summed E-state index contributed by atoms with van der Waals surface area (Å²) in [5.41, 5.74) is 2.53. The van der Waals surface area contributed by atoms with Gasteiger partial charge in [0, 0.05) is 18.5 Å². The molecule has 1 aromatic rings. The molecule has 0 spiro atoms. The molecule has 0 radical (unpaired) electrons. The molecule has 0 aliphatic rings. The highest BCUT2D eigenvalue weighted by molar-refractivity contribution is 7.90. The van der Waals surface area contributed by atoms with Crippen molar-refractivity contribution in [3.8, 4) is 6.07 Å². The minimum atomic E-state index is -2.89. The van der Waals surface area contributed by atoms with Crippen LogP contribution in [0.25, 0.3) is 0 Å². The van der Waals surface area contributed by atoms with Crippen molar-refractivity contribution in [2.24, 2.45) is 0 Å². The zero-order valence-electron chi connectivity index (χ0n) is 10.0. The van der Waals surface area contributed by atoms with Gasteiger partial charge in [0.15, 0.2) is 0 Å². The lowest BCUT2D eigenvalue weighted by Crippen LogP contribution is -2.10. The number of benzene rings is 1. The predicted molar refractivity (Wildman–Crippen MR) is 68.7 cm³/mol. The van der Waals surface area contributed by atoms with Crippen LogP contribution >= 0.6 is 0 Å². The molecular formula is C12H16N2O2S. The number of nitrogens with zero attached hydrogens (tertiary/aromatic N) is 1. The van der Waals surface area contributed by atoms with Gasteiger partial charge in [0.1, 0.15) is 9.84 Å². The molecule has 1 rings (SSSR count). The summed E-state index contributed by atoms with van der Waals surface area (Å²) in [4.78, 5) is 0. The van der Waals surface area contributed by atoms with Crippen molar-refractivity contribution in [2.45, 2.75) is 13.3 Å². The van der Waals surface area contributed by atoms with Crippen LogP contribution in [0.4, 0.5) is 5.69 Å². The molecule has 1 N–H and O–H groups in total. The Morgan fingerprint density at radius 1 is 1.41 bits per heavy atom. The van der Waals surface area contributed by atoms with Crippen molar-refractivity contribution in [3.05, 3.63) is 29.3 Å². The van der Waals surface area contributed by atoms with Gasteiger partial charge in [-0.1, -0.05) is 6.07 Å². The normalized spacial score (nSPS) is 10.9. The van der Waals surface area contributed by atoms with Crippen molar-refractivity contribution in [3.63, 3.8) is 0 Å². The highest BCUT2D eigenvalue weighted by Crippen LogP contribution is 2.16. The minimum Gasteiger partial charge on any atom is -0.385 e. The van der Waals surface area contributed by atoms with Gasteiger partial charge in [-0.2, -0.15) is 5.26 Å². The highest BCUT2D eigenvalue weighted by Gasteiger charge is 2.03. The molecule has 0 unspecified atom stereocenters. The molecule has 0 aliphatic carbocycles. The van der Waals surface area contributed by atoms with Crippen LogP contribution in [-0.2, 0) is 9.84 Å². The fourth-order valence-corrected chi connectivity index (χ4v) is 2.11. The van der Waals surface area contributed by atoms with E-state index in [9.17, 15) is 8.42 Å². The van der Waals surface area contributed by atoms with Crippen molar-refractivity contribution in [1.29, 1.82) is 5.26 Å². The summed E-state index contributed by atoms with van der Waals surface area (Å²) in [6, 6.07) is 7.48. The average Bonchev–Trinajstić information content (AvgIpc) is 2.25. The third-order valence-corrected chi connectivity index (χ3v) is 3.40. The van der Waals surface area contributed by atoms with Gasteiger partial charge in [0.05, 0.1) is 17.4 Å². The molecule has 1 aromatic carbocycles. The minimum absolute atomic E-state index is 0.178. The molecule has 0 saturated carbocycles. The number of sulfone groups is 1. The maximum absolute atomic E-state index is 10.9. The van der Waals surface area contributed by atoms with Gasteiger partial charge in [-0.15, -0.1) is 0 Å². The molecule has 0 atom stereocenters. The third kappa shape index (κ3) is 4.87. The first-order valence-electron chi connectivity index (χ1n) is 5.35. The lowest BCUT2D eigenvalue weighted by atomic mass is 10.1. The molecule has 0 aromatic heterocycles. The fraction of sp³-hybridized carbons (Fsp3) is 0.417. The zero-order chi connectivity index (χ0) is 12.9. The molecule has 17 heavy (non-hydrogen) atoms. The molecule has 0 amide bonds. The number of anilines is 1. The standard InChI is InChI=1S/C12H16N2O2S/c1-10-4-5-11(9-13)8-12(10)14-6-3-7-17(2,15)16/h4-5,8,14H,3,6-7H2,1-2H3. The van der Waals surface area contributed by atoms with Crippen LogP contribution in [0.3, 0.4) is 0 Å². The van der Waals surface area contributed by atoms with Crippen LogP contribution in [0, 0.1) is 18.3 Å². The number of aryl methyl sites for hydroxylation is 1. The number of nitrogens with one attached hydrogen (secondary N) is 1. The average molecular weight is 252 g/mol. The van der Waals surface area contributed by atoms with Crippen LogP contribution in [0.15, 0.2) is 18.2 Å². The first-order valence-corrected chi connectivity index (χ1v) is 7.41. The quantitative estimate of drug-likeness (QED) is 0.810. The molecule has 0 fully saturated rings. The maximum Gasteiger partial charge on any atom is 0.147 e. The first kappa shape index (κ1) is 13.5. The number of nitriles is 1. The Kier molecular flexibility index (Phi) is 4.53. The summed E-state index contributed by atoms with van der Waals surface area (Å²) in [5, 5.41) is 11.9. The Morgan fingerprint density at radius 3 is 2.71 bits per heavy atom. The van der Waals surface area contributed by atoms with Gasteiger partial charge in [-0.25, -0.2) is 8.42 Å². The molecule has 4 nitrogen and oxygen atoms in total. The molecule has 5 heteroatoms. The summed E-state index contributed by atoms with van der Waals surface area (Å²) in [5.74, 6) is 0.178. The van der Waals surface area contributed by atoms with E-state index in [-0.39, 0.29) is 5.75 Å². The summed E-state index contributed by atoms with van der Waals surface area (Å²) in [6.45, 7) is 2.53. The zero-order valence-corrected chi connectivity index (χ0v) is 10.8. The van der Waals surface area contributed by atoms with Crippen LogP contribution in [-0.4, -0.2) is 27.0 Å². The topological polar surface area (TPSA) is 70.0 Å². The lowest BCUT2D eigenvalue weighted by Gasteiger charge is -2.09. The molecule has 0 aliphatic heterocycles. The van der Waals surface area contributed by atoms with E-state index in [1.54, 1.807) is 12.1 Å². The molecule has 92 valence electrons.